The minimum atomic E-state index is -0.569. The second-order valence-corrected chi connectivity index (χ2v) is 25.1. The van der Waals surface area contributed by atoms with Crippen LogP contribution in [0.25, 0.3) is 61.2 Å². The molecule has 4 aliphatic rings. The van der Waals surface area contributed by atoms with Gasteiger partial charge in [0.1, 0.15) is 0 Å². The zero-order chi connectivity index (χ0) is 56.2. The highest BCUT2D eigenvalue weighted by Gasteiger charge is 2.53. The Hall–Kier alpha value is -9.50. The van der Waals surface area contributed by atoms with E-state index < -0.39 is 5.41 Å². The smallest absolute Gasteiger partial charge is 0.0726 e. The largest absolute Gasteiger partial charge is 0.332 e. The van der Waals surface area contributed by atoms with Crippen LogP contribution >= 0.6 is 0 Å². The zero-order valence-electron chi connectivity index (χ0n) is 48.1. The molecular formula is C81H66N2. The van der Waals surface area contributed by atoms with Crippen LogP contribution in [0.3, 0.4) is 0 Å². The molecule has 0 N–H and O–H groups in total. The first-order valence-corrected chi connectivity index (χ1v) is 29.6. The first-order valence-electron chi connectivity index (χ1n) is 29.6. The normalized spacial score (nSPS) is 15.9. The fraction of sp³-hybridized carbons (Fsp3) is 0.136. The SMILES string of the molecule is CC(C)(C)c1ccc2c(c1)C1(c3cc(C(C)(C)C)ccc3-2)c2ccccc2-c2c(N(c3ccc(C4C=CC=C5c6ccccc6N(c6ccccc6)C54)cc3)c3ccccc3-c3ccccc3-c3ccccc3-c3ccccc3)cccc21. The molecule has 1 spiro atoms. The summed E-state index contributed by atoms with van der Waals surface area (Å²) in [5.74, 6) is 0.0974. The van der Waals surface area contributed by atoms with E-state index in [2.05, 4.69) is 330 Å². The summed E-state index contributed by atoms with van der Waals surface area (Å²) in [6, 6.07) is 98.6. The zero-order valence-corrected chi connectivity index (χ0v) is 48.1. The predicted octanol–water partition coefficient (Wildman–Crippen LogP) is 21.4. The Morgan fingerprint density at radius 2 is 0.892 bits per heavy atom. The van der Waals surface area contributed by atoms with E-state index in [-0.39, 0.29) is 22.8 Å². The maximum atomic E-state index is 2.59. The molecule has 0 aromatic heterocycles. The molecule has 3 aliphatic carbocycles. The van der Waals surface area contributed by atoms with Crippen molar-refractivity contribution >= 4 is 34.0 Å². The van der Waals surface area contributed by atoms with Crippen LogP contribution in [0.2, 0.25) is 0 Å². The van der Waals surface area contributed by atoms with E-state index in [1.807, 2.05) is 0 Å². The van der Waals surface area contributed by atoms with Crippen LogP contribution < -0.4 is 9.80 Å². The Morgan fingerprint density at radius 3 is 1.54 bits per heavy atom. The highest BCUT2D eigenvalue weighted by Crippen LogP contribution is 2.66. The number of rotatable bonds is 8. The van der Waals surface area contributed by atoms with E-state index in [0.29, 0.717) is 0 Å². The van der Waals surface area contributed by atoms with Crippen LogP contribution in [0.1, 0.15) is 92.0 Å². The van der Waals surface area contributed by atoms with Gasteiger partial charge in [0.15, 0.2) is 0 Å². The molecule has 2 nitrogen and oxygen atoms in total. The molecule has 1 heterocycles. The van der Waals surface area contributed by atoms with Gasteiger partial charge in [-0.2, -0.15) is 0 Å². The molecule has 2 unspecified atom stereocenters. The highest BCUT2D eigenvalue weighted by atomic mass is 15.2. The first kappa shape index (κ1) is 50.5. The van der Waals surface area contributed by atoms with Gasteiger partial charge in [-0.3, -0.25) is 0 Å². The van der Waals surface area contributed by atoms with E-state index in [1.54, 1.807) is 0 Å². The summed E-state index contributed by atoms with van der Waals surface area (Å²) in [4.78, 5) is 5.15. The van der Waals surface area contributed by atoms with Crippen LogP contribution in [0, 0.1) is 0 Å². The van der Waals surface area contributed by atoms with Gasteiger partial charge < -0.3 is 9.80 Å². The third-order valence-corrected chi connectivity index (χ3v) is 18.4. The molecule has 0 fully saturated rings. The van der Waals surface area contributed by atoms with Crippen LogP contribution in [0.4, 0.5) is 28.4 Å². The summed E-state index contributed by atoms with van der Waals surface area (Å²) >= 11 is 0. The van der Waals surface area contributed by atoms with E-state index >= 15 is 0 Å². The van der Waals surface area contributed by atoms with Crippen LogP contribution in [-0.2, 0) is 16.2 Å². The van der Waals surface area contributed by atoms with Crippen molar-refractivity contribution in [2.45, 2.75) is 69.7 Å². The lowest BCUT2D eigenvalue weighted by atomic mass is 9.69. The molecule has 0 radical (unpaired) electrons. The van der Waals surface area contributed by atoms with E-state index in [1.165, 1.54) is 112 Å². The van der Waals surface area contributed by atoms with Crippen molar-refractivity contribution in [3.05, 3.63) is 324 Å². The van der Waals surface area contributed by atoms with Gasteiger partial charge in [0, 0.05) is 39.7 Å². The van der Waals surface area contributed by atoms with Gasteiger partial charge >= 0.3 is 0 Å². The van der Waals surface area contributed by atoms with E-state index in [4.69, 9.17) is 0 Å². The molecule has 2 atom stereocenters. The first-order chi connectivity index (χ1) is 40.5. The summed E-state index contributed by atoms with van der Waals surface area (Å²) in [6.07, 6.45) is 7.03. The Kier molecular flexibility index (Phi) is 11.7. The number of hydrogen-bond donors (Lipinski definition) is 0. The van der Waals surface area contributed by atoms with Crippen molar-refractivity contribution in [1.29, 1.82) is 0 Å². The number of fused-ring (bicyclic) bond motifs is 13. The average Bonchev–Trinajstić information content (AvgIpc) is 1.82. The number of benzene rings is 11. The minimum absolute atomic E-state index is 0.0538. The van der Waals surface area contributed by atoms with Crippen molar-refractivity contribution < 1.29 is 0 Å². The number of hydrogen-bond acceptors (Lipinski definition) is 2. The van der Waals surface area contributed by atoms with E-state index in [9.17, 15) is 0 Å². The lowest BCUT2D eigenvalue weighted by Gasteiger charge is -2.35. The Bertz CT molecular complexity index is 4350. The van der Waals surface area contributed by atoms with Gasteiger partial charge in [-0.05, 0) is 142 Å². The van der Waals surface area contributed by atoms with Gasteiger partial charge in [0.05, 0.1) is 22.8 Å². The molecule has 0 bridgehead atoms. The minimum Gasteiger partial charge on any atom is -0.332 e. The Labute approximate surface area is 490 Å². The monoisotopic (exact) mass is 1070 g/mol. The van der Waals surface area contributed by atoms with Gasteiger partial charge in [0.25, 0.3) is 0 Å². The molecular weight excluding hydrogens is 1000 g/mol. The van der Waals surface area contributed by atoms with Gasteiger partial charge in [-0.15, -0.1) is 0 Å². The van der Waals surface area contributed by atoms with Crippen LogP contribution in [0.15, 0.2) is 279 Å². The fourth-order valence-corrected chi connectivity index (χ4v) is 14.5. The van der Waals surface area contributed by atoms with Crippen molar-refractivity contribution in [3.8, 4) is 55.6 Å². The maximum absolute atomic E-state index is 2.59. The molecule has 0 saturated heterocycles. The second-order valence-electron chi connectivity index (χ2n) is 25.1. The molecule has 0 amide bonds. The quantitative estimate of drug-likeness (QED) is 0.150. The lowest BCUT2D eigenvalue weighted by molar-refractivity contribution is 0.586. The lowest BCUT2D eigenvalue weighted by Crippen LogP contribution is -2.33. The maximum Gasteiger partial charge on any atom is 0.0726 e. The molecule has 83 heavy (non-hydrogen) atoms. The molecule has 400 valence electrons. The molecule has 1 aliphatic heterocycles. The fourth-order valence-electron chi connectivity index (χ4n) is 14.5. The van der Waals surface area contributed by atoms with Gasteiger partial charge in [-0.1, -0.05) is 278 Å². The van der Waals surface area contributed by atoms with Crippen molar-refractivity contribution in [3.63, 3.8) is 0 Å². The standard InChI is InChI=1S/C81H66N2/c1-79(2,3)55-45-49-64-65-50-46-56(80(4,5)6)52-73(65)81(72(64)51-55)70-38-20-17-35-69(70)77-71(81)39-24-42-76(77)82(74-40-21-18-33-66(74)63-32-16-15-31-62(63)61-30-14-13-29-59(61)53-25-9-7-10-26-53)58-47-43-54(44-48-58)60-36-23-37-68-67-34-19-22-41-75(67)83(78(60)68)57-27-11-8-12-28-57/h7-52,60,78H,1-6H3. The van der Waals surface area contributed by atoms with Crippen molar-refractivity contribution in [1.82, 2.24) is 0 Å². The van der Waals surface area contributed by atoms with Crippen molar-refractivity contribution in [2.24, 2.45) is 0 Å². The van der Waals surface area contributed by atoms with Gasteiger partial charge in [-0.25, -0.2) is 0 Å². The number of para-hydroxylation sites is 3. The summed E-state index contributed by atoms with van der Waals surface area (Å²) in [7, 11) is 0. The van der Waals surface area contributed by atoms with Gasteiger partial charge in [0.2, 0.25) is 0 Å². The predicted molar refractivity (Wildman–Crippen MR) is 350 cm³/mol. The Balaban J connectivity index is 0.967. The van der Waals surface area contributed by atoms with E-state index in [0.717, 1.165) is 22.6 Å². The molecule has 11 aromatic rings. The average molecular weight is 1070 g/mol. The third kappa shape index (κ3) is 7.91. The molecule has 11 aromatic carbocycles. The number of anilines is 5. The highest BCUT2D eigenvalue weighted by molar-refractivity contribution is 6.04. The molecule has 15 rings (SSSR count). The summed E-state index contributed by atoms with van der Waals surface area (Å²) in [6.45, 7) is 14.1. The molecule has 0 saturated carbocycles. The number of nitrogens with zero attached hydrogens (tertiary/aromatic N) is 2. The summed E-state index contributed by atoms with van der Waals surface area (Å²) in [5, 5.41) is 0. The topological polar surface area (TPSA) is 6.48 Å². The van der Waals surface area contributed by atoms with Crippen LogP contribution in [-0.4, -0.2) is 6.04 Å². The summed E-state index contributed by atoms with van der Waals surface area (Å²) in [5.41, 5.74) is 29.4. The second kappa shape index (κ2) is 19.3. The van der Waals surface area contributed by atoms with Crippen molar-refractivity contribution in [2.75, 3.05) is 9.80 Å². The third-order valence-electron chi connectivity index (χ3n) is 18.4. The van der Waals surface area contributed by atoms with Crippen LogP contribution in [0.5, 0.6) is 0 Å². The Morgan fingerprint density at radius 1 is 0.386 bits per heavy atom. The number of allylic oxidation sites excluding steroid dienone is 2. The molecule has 2 heteroatoms. The summed E-state index contributed by atoms with van der Waals surface area (Å²) < 4.78 is 0.